The summed E-state index contributed by atoms with van der Waals surface area (Å²) < 4.78 is 17.0. The summed E-state index contributed by atoms with van der Waals surface area (Å²) in [7, 11) is 1.62. The van der Waals surface area contributed by atoms with E-state index in [1.807, 2.05) is 48.5 Å². The fraction of sp³-hybridized carbons (Fsp3) is 0.192. The van der Waals surface area contributed by atoms with Crippen LogP contribution in [0.25, 0.3) is 11.3 Å². The SMILES string of the molecule is COc1ccc(Oc2cccc(C3CN(C(=O)c4cccc(-c5cncnc5)n4)CCO3)n2)cc1. The highest BCUT2D eigenvalue weighted by Crippen LogP contribution is 2.27. The molecule has 1 aliphatic rings. The van der Waals surface area contributed by atoms with Crippen LogP contribution in [0.1, 0.15) is 22.3 Å². The van der Waals surface area contributed by atoms with E-state index >= 15 is 0 Å². The Labute approximate surface area is 202 Å². The van der Waals surface area contributed by atoms with Crippen molar-refractivity contribution in [2.45, 2.75) is 6.10 Å². The molecule has 1 amide bonds. The van der Waals surface area contributed by atoms with E-state index in [4.69, 9.17) is 14.2 Å². The molecule has 1 aliphatic heterocycles. The zero-order valence-electron chi connectivity index (χ0n) is 19.1. The van der Waals surface area contributed by atoms with Gasteiger partial charge in [0.15, 0.2) is 0 Å². The van der Waals surface area contributed by atoms with Crippen LogP contribution in [0, 0.1) is 0 Å². The Hall–Kier alpha value is -4.37. The summed E-state index contributed by atoms with van der Waals surface area (Å²) in [4.78, 5) is 32.2. The molecule has 1 atom stereocenters. The number of aromatic nitrogens is 4. The molecule has 0 radical (unpaired) electrons. The summed E-state index contributed by atoms with van der Waals surface area (Å²) in [5.41, 5.74) is 2.44. The van der Waals surface area contributed by atoms with Crippen LogP contribution in [0.4, 0.5) is 0 Å². The zero-order valence-corrected chi connectivity index (χ0v) is 19.1. The molecule has 3 aromatic heterocycles. The minimum absolute atomic E-state index is 0.164. The lowest BCUT2D eigenvalue weighted by molar-refractivity contribution is -0.0250. The van der Waals surface area contributed by atoms with Gasteiger partial charge in [-0.15, -0.1) is 0 Å². The Bertz CT molecular complexity index is 1300. The van der Waals surface area contributed by atoms with Crippen molar-refractivity contribution in [3.05, 3.63) is 90.8 Å². The van der Waals surface area contributed by atoms with Crippen LogP contribution in [0.3, 0.4) is 0 Å². The Morgan fingerprint density at radius 3 is 2.54 bits per heavy atom. The third kappa shape index (κ3) is 5.25. The van der Waals surface area contributed by atoms with Gasteiger partial charge in [-0.1, -0.05) is 12.1 Å². The fourth-order valence-corrected chi connectivity index (χ4v) is 3.75. The van der Waals surface area contributed by atoms with Crippen LogP contribution < -0.4 is 9.47 Å². The van der Waals surface area contributed by atoms with Crippen LogP contribution >= 0.6 is 0 Å². The number of carbonyl (C=O) groups is 1. The number of benzene rings is 1. The van der Waals surface area contributed by atoms with Gasteiger partial charge in [-0.05, 0) is 42.5 Å². The quantitative estimate of drug-likeness (QED) is 0.419. The van der Waals surface area contributed by atoms with Gasteiger partial charge in [0, 0.05) is 30.6 Å². The first-order valence-electron chi connectivity index (χ1n) is 11.1. The fourth-order valence-electron chi connectivity index (χ4n) is 3.75. The predicted molar refractivity (Wildman–Crippen MR) is 127 cm³/mol. The number of ether oxygens (including phenoxy) is 3. The van der Waals surface area contributed by atoms with Crippen molar-refractivity contribution in [3.63, 3.8) is 0 Å². The summed E-state index contributed by atoms with van der Waals surface area (Å²) in [5.74, 6) is 1.67. The van der Waals surface area contributed by atoms with Crippen LogP contribution in [0.15, 0.2) is 79.4 Å². The van der Waals surface area contributed by atoms with Crippen LogP contribution in [0.5, 0.6) is 17.4 Å². The van der Waals surface area contributed by atoms with E-state index in [-0.39, 0.29) is 12.0 Å². The number of carbonyl (C=O) groups excluding carboxylic acids is 1. The molecule has 1 fully saturated rings. The van der Waals surface area contributed by atoms with Gasteiger partial charge in [-0.3, -0.25) is 4.79 Å². The number of morpholine rings is 1. The number of amides is 1. The van der Waals surface area contributed by atoms with Gasteiger partial charge in [-0.25, -0.2) is 19.9 Å². The lowest BCUT2D eigenvalue weighted by atomic mass is 10.1. The number of hydrogen-bond acceptors (Lipinski definition) is 8. The lowest BCUT2D eigenvalue weighted by Gasteiger charge is -2.32. The van der Waals surface area contributed by atoms with Gasteiger partial charge in [0.2, 0.25) is 5.88 Å². The Balaban J connectivity index is 1.29. The number of nitrogens with zero attached hydrogens (tertiary/aromatic N) is 5. The van der Waals surface area contributed by atoms with Gasteiger partial charge in [0.25, 0.3) is 5.91 Å². The van der Waals surface area contributed by atoms with Gasteiger partial charge < -0.3 is 19.1 Å². The van der Waals surface area contributed by atoms with E-state index in [9.17, 15) is 4.79 Å². The minimum atomic E-state index is -0.377. The third-order valence-corrected chi connectivity index (χ3v) is 5.54. The van der Waals surface area contributed by atoms with Crippen LogP contribution in [-0.2, 0) is 4.74 Å². The predicted octanol–water partition coefficient (Wildman–Crippen LogP) is 3.95. The second kappa shape index (κ2) is 10.3. The molecule has 0 saturated carbocycles. The van der Waals surface area contributed by atoms with Crippen LogP contribution in [0.2, 0.25) is 0 Å². The summed E-state index contributed by atoms with van der Waals surface area (Å²) in [5, 5.41) is 0. The second-order valence-electron chi connectivity index (χ2n) is 7.82. The summed E-state index contributed by atoms with van der Waals surface area (Å²) in [6.07, 6.45) is 4.41. The second-order valence-corrected chi connectivity index (χ2v) is 7.82. The molecule has 0 spiro atoms. The molecule has 0 aliphatic carbocycles. The molecular formula is C26H23N5O4. The van der Waals surface area contributed by atoms with Crippen molar-refractivity contribution in [3.8, 4) is 28.6 Å². The third-order valence-electron chi connectivity index (χ3n) is 5.54. The Morgan fingerprint density at radius 2 is 1.74 bits per heavy atom. The van der Waals surface area contributed by atoms with E-state index in [0.717, 1.165) is 11.3 Å². The molecule has 0 N–H and O–H groups in total. The first kappa shape index (κ1) is 22.4. The van der Waals surface area contributed by atoms with E-state index in [2.05, 4.69) is 19.9 Å². The molecule has 5 rings (SSSR count). The first-order valence-corrected chi connectivity index (χ1v) is 11.1. The highest BCUT2D eigenvalue weighted by molar-refractivity contribution is 5.93. The van der Waals surface area contributed by atoms with E-state index < -0.39 is 0 Å². The number of methoxy groups -OCH3 is 1. The zero-order chi connectivity index (χ0) is 24.0. The normalized spacial score (nSPS) is 15.5. The number of pyridine rings is 2. The highest BCUT2D eigenvalue weighted by atomic mass is 16.5. The monoisotopic (exact) mass is 469 g/mol. The molecule has 1 saturated heterocycles. The van der Waals surface area contributed by atoms with Gasteiger partial charge >= 0.3 is 0 Å². The minimum Gasteiger partial charge on any atom is -0.497 e. The van der Waals surface area contributed by atoms with E-state index in [1.54, 1.807) is 36.5 Å². The van der Waals surface area contributed by atoms with Crippen molar-refractivity contribution >= 4 is 5.91 Å². The van der Waals surface area contributed by atoms with Crippen molar-refractivity contribution < 1.29 is 19.0 Å². The van der Waals surface area contributed by atoms with E-state index in [0.29, 0.717) is 48.4 Å². The maximum Gasteiger partial charge on any atom is 0.272 e. The van der Waals surface area contributed by atoms with Gasteiger partial charge in [-0.2, -0.15) is 0 Å². The molecule has 0 bridgehead atoms. The highest BCUT2D eigenvalue weighted by Gasteiger charge is 2.28. The van der Waals surface area contributed by atoms with Gasteiger partial charge in [0.05, 0.1) is 31.6 Å². The van der Waals surface area contributed by atoms with Crippen molar-refractivity contribution in [2.24, 2.45) is 0 Å². The molecule has 1 unspecified atom stereocenters. The average molecular weight is 470 g/mol. The molecule has 35 heavy (non-hydrogen) atoms. The number of rotatable bonds is 6. The maximum atomic E-state index is 13.2. The Kier molecular flexibility index (Phi) is 6.58. The largest absolute Gasteiger partial charge is 0.497 e. The topological polar surface area (TPSA) is 99.6 Å². The summed E-state index contributed by atoms with van der Waals surface area (Å²) in [6.45, 7) is 1.23. The molecule has 1 aromatic carbocycles. The molecule has 4 heterocycles. The maximum absolute atomic E-state index is 13.2. The summed E-state index contributed by atoms with van der Waals surface area (Å²) in [6, 6.07) is 18.1. The van der Waals surface area contributed by atoms with Crippen molar-refractivity contribution in [1.29, 1.82) is 0 Å². The standard InChI is InChI=1S/C26H23N5O4/c1-33-19-8-10-20(11-9-19)35-25-7-3-5-22(30-25)24-16-31(12-13-34-24)26(32)23-6-2-4-21(29-23)18-14-27-17-28-15-18/h2-11,14-15,17,24H,12-13,16H2,1H3. The molecular weight excluding hydrogens is 446 g/mol. The van der Waals surface area contributed by atoms with Crippen LogP contribution in [-0.4, -0.2) is 57.5 Å². The smallest absolute Gasteiger partial charge is 0.272 e. The molecule has 4 aromatic rings. The summed E-state index contributed by atoms with van der Waals surface area (Å²) >= 11 is 0. The Morgan fingerprint density at radius 1 is 0.971 bits per heavy atom. The molecule has 176 valence electrons. The first-order chi connectivity index (χ1) is 17.2. The van der Waals surface area contributed by atoms with Crippen molar-refractivity contribution in [1.82, 2.24) is 24.8 Å². The van der Waals surface area contributed by atoms with E-state index in [1.165, 1.54) is 6.33 Å². The average Bonchev–Trinajstić information content (AvgIpc) is 2.94. The van der Waals surface area contributed by atoms with Gasteiger partial charge in [0.1, 0.15) is 29.6 Å². The lowest BCUT2D eigenvalue weighted by Crippen LogP contribution is -2.42. The molecule has 9 nitrogen and oxygen atoms in total. The molecule has 9 heteroatoms. The van der Waals surface area contributed by atoms with Crippen molar-refractivity contribution in [2.75, 3.05) is 26.8 Å². The number of hydrogen-bond donors (Lipinski definition) is 0.